The average molecular weight is 463 g/mol. The van der Waals surface area contributed by atoms with Crippen molar-refractivity contribution in [3.05, 3.63) is 51.9 Å². The lowest BCUT2D eigenvalue weighted by atomic mass is 10.0. The maximum absolute atomic E-state index is 13.3. The molecule has 0 unspecified atom stereocenters. The molecule has 29 heavy (non-hydrogen) atoms. The summed E-state index contributed by atoms with van der Waals surface area (Å²) >= 11 is 3.60. The van der Waals surface area contributed by atoms with Gasteiger partial charge in [0.05, 0.1) is 5.39 Å². The van der Waals surface area contributed by atoms with Crippen molar-refractivity contribution < 1.29 is 13.2 Å². The summed E-state index contributed by atoms with van der Waals surface area (Å²) in [7, 11) is 0. The van der Waals surface area contributed by atoms with E-state index in [2.05, 4.69) is 36.1 Å². The lowest BCUT2D eigenvalue weighted by Crippen LogP contribution is -2.26. The van der Waals surface area contributed by atoms with Gasteiger partial charge in [-0.25, -0.2) is 9.38 Å². The molecular formula is C19H14BrF3N6. The van der Waals surface area contributed by atoms with Crippen molar-refractivity contribution in [2.45, 2.75) is 25.9 Å². The van der Waals surface area contributed by atoms with Gasteiger partial charge in [-0.2, -0.15) is 18.2 Å². The first kappa shape index (κ1) is 18.3. The molecule has 0 radical (unpaired) electrons. The fraction of sp³-hybridized carbons (Fsp3) is 0.263. The second-order valence-electron chi connectivity index (χ2n) is 6.88. The normalized spacial score (nSPS) is 14.6. The number of pyridine rings is 1. The molecule has 1 aliphatic rings. The van der Waals surface area contributed by atoms with E-state index in [-0.39, 0.29) is 11.4 Å². The van der Waals surface area contributed by atoms with Gasteiger partial charge in [-0.3, -0.25) is 0 Å². The highest BCUT2D eigenvalue weighted by Gasteiger charge is 2.34. The van der Waals surface area contributed by atoms with Gasteiger partial charge >= 0.3 is 6.18 Å². The average Bonchev–Trinajstić information content (AvgIpc) is 3.07. The van der Waals surface area contributed by atoms with Crippen LogP contribution in [0.4, 0.5) is 24.7 Å². The molecule has 0 N–H and O–H groups in total. The molecule has 0 bridgehead atoms. The highest BCUT2D eigenvalue weighted by molar-refractivity contribution is 9.10. The Hall–Kier alpha value is -2.75. The summed E-state index contributed by atoms with van der Waals surface area (Å²) in [5.74, 6) is 1.18. The van der Waals surface area contributed by atoms with E-state index in [4.69, 9.17) is 0 Å². The predicted octanol–water partition coefficient (Wildman–Crippen LogP) is 4.85. The Morgan fingerprint density at radius 1 is 1.07 bits per heavy atom. The van der Waals surface area contributed by atoms with E-state index in [0.29, 0.717) is 23.6 Å². The first-order valence-electron chi connectivity index (χ1n) is 8.99. The Labute approximate surface area is 171 Å². The molecule has 0 aliphatic carbocycles. The summed E-state index contributed by atoms with van der Waals surface area (Å²) in [5.41, 5.74) is 1.30. The van der Waals surface area contributed by atoms with Crippen LogP contribution in [0.1, 0.15) is 23.5 Å². The predicted molar refractivity (Wildman–Crippen MR) is 105 cm³/mol. The van der Waals surface area contributed by atoms with Crippen LogP contribution in [0.25, 0.3) is 16.8 Å². The number of fused-ring (bicyclic) bond motifs is 4. The molecule has 4 heterocycles. The van der Waals surface area contributed by atoms with Crippen LogP contribution in [0.5, 0.6) is 0 Å². The van der Waals surface area contributed by atoms with Gasteiger partial charge in [0.1, 0.15) is 17.3 Å². The zero-order valence-electron chi connectivity index (χ0n) is 15.2. The molecule has 0 fully saturated rings. The molecule has 148 valence electrons. The van der Waals surface area contributed by atoms with Gasteiger partial charge in [0.15, 0.2) is 5.65 Å². The van der Waals surface area contributed by atoms with E-state index >= 15 is 0 Å². The van der Waals surface area contributed by atoms with Crippen molar-refractivity contribution in [3.63, 3.8) is 0 Å². The summed E-state index contributed by atoms with van der Waals surface area (Å²) in [6.07, 6.45) is -2.74. The van der Waals surface area contributed by atoms with Gasteiger partial charge < -0.3 is 4.90 Å². The molecular weight excluding hydrogens is 449 g/mol. The molecule has 0 saturated heterocycles. The fourth-order valence-corrected chi connectivity index (χ4v) is 4.34. The molecule has 1 aliphatic heterocycles. The van der Waals surface area contributed by atoms with E-state index in [1.807, 2.05) is 23.1 Å². The summed E-state index contributed by atoms with van der Waals surface area (Å²) in [5, 5.41) is 8.53. The van der Waals surface area contributed by atoms with Crippen molar-refractivity contribution in [2.24, 2.45) is 0 Å². The Morgan fingerprint density at radius 2 is 1.90 bits per heavy atom. The van der Waals surface area contributed by atoms with Crippen LogP contribution in [0.2, 0.25) is 0 Å². The minimum atomic E-state index is -4.55. The van der Waals surface area contributed by atoms with Gasteiger partial charge in [-0.1, -0.05) is 22.0 Å². The second-order valence-corrected chi connectivity index (χ2v) is 7.73. The maximum Gasteiger partial charge on any atom is 0.433 e. The monoisotopic (exact) mass is 462 g/mol. The second kappa shape index (κ2) is 6.38. The Balaban J connectivity index is 1.83. The maximum atomic E-state index is 13.3. The number of anilines is 2. The zero-order valence-corrected chi connectivity index (χ0v) is 16.8. The number of alkyl halides is 3. The number of benzene rings is 1. The first-order valence-corrected chi connectivity index (χ1v) is 9.78. The molecule has 0 atom stereocenters. The van der Waals surface area contributed by atoms with E-state index < -0.39 is 11.9 Å². The third-order valence-corrected chi connectivity index (χ3v) is 5.82. The summed E-state index contributed by atoms with van der Waals surface area (Å²) < 4.78 is 42.4. The summed E-state index contributed by atoms with van der Waals surface area (Å²) in [6, 6.07) is 8.33. The van der Waals surface area contributed by atoms with Gasteiger partial charge in [-0.15, -0.1) is 10.2 Å². The SMILES string of the molecule is Cc1nnc2nc(N3CCCc4c(Br)cccc43)c3ccc(C(F)(F)F)nc3n12. The number of aryl methyl sites for hydroxylation is 1. The minimum Gasteiger partial charge on any atom is -0.325 e. The van der Waals surface area contributed by atoms with Crippen molar-refractivity contribution in [1.29, 1.82) is 0 Å². The van der Waals surface area contributed by atoms with E-state index in [9.17, 15) is 13.2 Å². The fourth-order valence-electron chi connectivity index (χ4n) is 3.79. The summed E-state index contributed by atoms with van der Waals surface area (Å²) in [6.45, 7) is 2.35. The van der Waals surface area contributed by atoms with E-state index in [1.54, 1.807) is 6.92 Å². The highest BCUT2D eigenvalue weighted by Crippen LogP contribution is 2.39. The van der Waals surface area contributed by atoms with Crippen LogP contribution in [-0.2, 0) is 12.6 Å². The van der Waals surface area contributed by atoms with Crippen LogP contribution >= 0.6 is 15.9 Å². The standard InChI is InChI=1S/C19H14BrF3N6/c1-10-26-27-18-25-16(28-9-3-4-11-13(20)5-2-6-14(11)28)12-7-8-15(19(21,22)23)24-17(12)29(10)18/h2,5-8H,3-4,9H2,1H3. The van der Waals surface area contributed by atoms with Crippen LogP contribution < -0.4 is 4.90 Å². The molecule has 4 aromatic rings. The Kier molecular flexibility index (Phi) is 4.02. The quantitative estimate of drug-likeness (QED) is 0.404. The highest BCUT2D eigenvalue weighted by atomic mass is 79.9. The number of halogens is 4. The molecule has 10 heteroatoms. The first-order chi connectivity index (χ1) is 13.8. The third-order valence-electron chi connectivity index (χ3n) is 5.08. The topological polar surface area (TPSA) is 59.2 Å². The Morgan fingerprint density at radius 3 is 2.69 bits per heavy atom. The summed E-state index contributed by atoms with van der Waals surface area (Å²) in [4.78, 5) is 10.6. The van der Waals surface area contributed by atoms with Crippen molar-refractivity contribution in [3.8, 4) is 0 Å². The van der Waals surface area contributed by atoms with Crippen LogP contribution in [0.15, 0.2) is 34.8 Å². The molecule has 6 nitrogen and oxygen atoms in total. The molecule has 0 spiro atoms. The number of nitrogens with zero attached hydrogens (tertiary/aromatic N) is 6. The lowest BCUT2D eigenvalue weighted by molar-refractivity contribution is -0.141. The van der Waals surface area contributed by atoms with Gasteiger partial charge in [0.2, 0.25) is 0 Å². The van der Waals surface area contributed by atoms with Crippen LogP contribution in [0.3, 0.4) is 0 Å². The van der Waals surface area contributed by atoms with Crippen molar-refractivity contribution >= 4 is 44.2 Å². The van der Waals surface area contributed by atoms with Gasteiger partial charge in [0.25, 0.3) is 5.78 Å². The van der Waals surface area contributed by atoms with Gasteiger partial charge in [0, 0.05) is 16.7 Å². The zero-order chi connectivity index (χ0) is 20.3. The molecule has 3 aromatic heterocycles. The van der Waals surface area contributed by atoms with E-state index in [1.165, 1.54) is 10.5 Å². The third kappa shape index (κ3) is 2.85. The van der Waals surface area contributed by atoms with Crippen molar-refractivity contribution in [1.82, 2.24) is 24.6 Å². The number of aromatic nitrogens is 5. The van der Waals surface area contributed by atoms with E-state index in [0.717, 1.165) is 34.6 Å². The van der Waals surface area contributed by atoms with Crippen molar-refractivity contribution in [2.75, 3.05) is 11.4 Å². The molecule has 0 amide bonds. The number of hydrogen-bond donors (Lipinski definition) is 0. The molecule has 0 saturated carbocycles. The Bertz CT molecular complexity index is 1270. The molecule has 1 aromatic carbocycles. The smallest absolute Gasteiger partial charge is 0.325 e. The van der Waals surface area contributed by atoms with Gasteiger partial charge in [-0.05, 0) is 49.6 Å². The minimum absolute atomic E-state index is 0.143. The lowest BCUT2D eigenvalue weighted by Gasteiger charge is -2.31. The molecule has 5 rings (SSSR count). The van der Waals surface area contributed by atoms with Crippen LogP contribution in [-0.4, -0.2) is 31.1 Å². The van der Waals surface area contributed by atoms with Crippen LogP contribution in [0, 0.1) is 6.92 Å². The largest absolute Gasteiger partial charge is 0.433 e. The number of rotatable bonds is 1. The number of hydrogen-bond acceptors (Lipinski definition) is 5.